The number of piperidine rings is 1. The van der Waals surface area contributed by atoms with E-state index in [0.29, 0.717) is 37.4 Å². The van der Waals surface area contributed by atoms with Gasteiger partial charge in [-0.1, -0.05) is 12.8 Å². The second-order valence-electron chi connectivity index (χ2n) is 8.37. The zero-order valence-electron chi connectivity index (χ0n) is 16.3. The number of alkyl halides is 2. The van der Waals surface area contributed by atoms with Gasteiger partial charge in [0.25, 0.3) is 11.8 Å². The molecule has 0 bridgehead atoms. The van der Waals surface area contributed by atoms with Gasteiger partial charge in [-0.2, -0.15) is 0 Å². The molecule has 2 atom stereocenters. The van der Waals surface area contributed by atoms with Crippen LogP contribution in [0.3, 0.4) is 0 Å². The summed E-state index contributed by atoms with van der Waals surface area (Å²) in [5.41, 5.74) is 2.47. The van der Waals surface area contributed by atoms with Gasteiger partial charge in [0.05, 0.1) is 17.7 Å². The van der Waals surface area contributed by atoms with E-state index in [1.807, 2.05) is 24.0 Å². The lowest BCUT2D eigenvalue weighted by Crippen LogP contribution is -2.51. The molecule has 2 aliphatic heterocycles. The maximum absolute atomic E-state index is 13.4. The molecule has 1 saturated heterocycles. The van der Waals surface area contributed by atoms with Crippen LogP contribution in [0.4, 0.5) is 8.78 Å². The Morgan fingerprint density at radius 1 is 1.21 bits per heavy atom. The van der Waals surface area contributed by atoms with Gasteiger partial charge in [-0.15, -0.1) is 0 Å². The molecule has 1 aromatic carbocycles. The molecule has 3 aliphatic rings. The van der Waals surface area contributed by atoms with Crippen molar-refractivity contribution in [2.24, 2.45) is 0 Å². The van der Waals surface area contributed by atoms with Crippen LogP contribution < -0.4 is 4.74 Å². The summed E-state index contributed by atoms with van der Waals surface area (Å²) in [6, 6.07) is 3.51. The Kier molecular flexibility index (Phi) is 5.31. The highest BCUT2D eigenvalue weighted by Gasteiger charge is 2.37. The molecule has 1 N–H and O–H groups in total. The lowest BCUT2D eigenvalue weighted by atomic mass is 9.90. The number of aliphatic hydroxyl groups is 1. The van der Waals surface area contributed by atoms with Crippen molar-refractivity contribution in [2.75, 3.05) is 19.8 Å². The molecule has 1 aliphatic carbocycles. The van der Waals surface area contributed by atoms with Crippen LogP contribution in [-0.4, -0.2) is 58.7 Å². The number of carbonyl (C=O) groups excluding carboxylic acids is 1. The second-order valence-corrected chi connectivity index (χ2v) is 8.37. The molecule has 5 nitrogen and oxygen atoms in total. The Morgan fingerprint density at radius 3 is 2.64 bits per heavy atom. The summed E-state index contributed by atoms with van der Waals surface area (Å²) >= 11 is 0. The highest BCUT2D eigenvalue weighted by atomic mass is 19.3. The lowest BCUT2D eigenvalue weighted by Gasteiger charge is -2.40. The second kappa shape index (κ2) is 7.59. The van der Waals surface area contributed by atoms with Crippen molar-refractivity contribution >= 4 is 5.91 Å². The number of halogens is 2. The van der Waals surface area contributed by atoms with Gasteiger partial charge in [0, 0.05) is 32.5 Å². The molecule has 4 rings (SSSR count). The molecule has 0 aromatic heterocycles. The third-order valence-electron chi connectivity index (χ3n) is 6.36. The SMILES string of the molecule is Cc1cc2c(cc1CN1CCC(F)(F)CC1)C(=O)N([C@H]1CCCC[C@@H]1O)CO2. The monoisotopic (exact) mass is 394 g/mol. The Bertz CT molecular complexity index is 745. The molecule has 1 saturated carbocycles. The van der Waals surface area contributed by atoms with Crippen molar-refractivity contribution in [3.05, 3.63) is 28.8 Å². The smallest absolute Gasteiger partial charge is 0.260 e. The van der Waals surface area contributed by atoms with Crippen LogP contribution in [-0.2, 0) is 6.54 Å². The number of hydrogen-bond donors (Lipinski definition) is 1. The zero-order valence-corrected chi connectivity index (χ0v) is 16.3. The number of ether oxygens (including phenoxy) is 1. The van der Waals surface area contributed by atoms with Crippen molar-refractivity contribution in [1.29, 1.82) is 0 Å². The van der Waals surface area contributed by atoms with Gasteiger partial charge in [0.1, 0.15) is 5.75 Å². The average Bonchev–Trinajstić information content (AvgIpc) is 2.66. The molecule has 154 valence electrons. The van der Waals surface area contributed by atoms with Crippen molar-refractivity contribution in [3.63, 3.8) is 0 Å². The lowest BCUT2D eigenvalue weighted by molar-refractivity contribution is -0.0566. The van der Waals surface area contributed by atoms with Gasteiger partial charge in [-0.05, 0) is 43.0 Å². The molecule has 0 spiro atoms. The van der Waals surface area contributed by atoms with E-state index in [0.717, 1.165) is 30.4 Å². The van der Waals surface area contributed by atoms with E-state index in [1.165, 1.54) is 0 Å². The Morgan fingerprint density at radius 2 is 1.93 bits per heavy atom. The predicted octanol–water partition coefficient (Wildman–Crippen LogP) is 3.32. The normalized spacial score (nSPS) is 28.0. The van der Waals surface area contributed by atoms with E-state index in [9.17, 15) is 18.7 Å². The summed E-state index contributed by atoms with van der Waals surface area (Å²) in [6.45, 7) is 3.38. The van der Waals surface area contributed by atoms with Crippen molar-refractivity contribution in [1.82, 2.24) is 9.80 Å². The summed E-state index contributed by atoms with van der Waals surface area (Å²) in [7, 11) is 0. The molecule has 2 heterocycles. The minimum Gasteiger partial charge on any atom is -0.472 e. The maximum Gasteiger partial charge on any atom is 0.260 e. The third-order valence-corrected chi connectivity index (χ3v) is 6.36. The molecule has 1 amide bonds. The first-order chi connectivity index (χ1) is 13.3. The van der Waals surface area contributed by atoms with Gasteiger partial charge in [0.15, 0.2) is 6.73 Å². The first kappa shape index (κ1) is 19.6. The van der Waals surface area contributed by atoms with Gasteiger partial charge in [-0.3, -0.25) is 14.6 Å². The molecular formula is C21H28F2N2O3. The van der Waals surface area contributed by atoms with Gasteiger partial charge >= 0.3 is 0 Å². The van der Waals surface area contributed by atoms with Crippen LogP contribution in [0.15, 0.2) is 12.1 Å². The van der Waals surface area contributed by atoms with Crippen LogP contribution in [0.25, 0.3) is 0 Å². The van der Waals surface area contributed by atoms with E-state index in [2.05, 4.69) is 0 Å². The van der Waals surface area contributed by atoms with Crippen molar-refractivity contribution < 1.29 is 23.4 Å². The topological polar surface area (TPSA) is 53.0 Å². The van der Waals surface area contributed by atoms with Crippen LogP contribution in [0, 0.1) is 6.92 Å². The van der Waals surface area contributed by atoms with E-state index in [4.69, 9.17) is 4.74 Å². The highest BCUT2D eigenvalue weighted by molar-refractivity contribution is 5.98. The number of rotatable bonds is 3. The van der Waals surface area contributed by atoms with Crippen molar-refractivity contribution in [3.8, 4) is 5.75 Å². The number of aryl methyl sites for hydroxylation is 1. The van der Waals surface area contributed by atoms with E-state index >= 15 is 0 Å². The fourth-order valence-electron chi connectivity index (χ4n) is 4.52. The van der Waals surface area contributed by atoms with E-state index < -0.39 is 12.0 Å². The summed E-state index contributed by atoms with van der Waals surface area (Å²) in [5.74, 6) is -2.11. The number of likely N-dealkylation sites (tertiary alicyclic amines) is 1. The fourth-order valence-corrected chi connectivity index (χ4v) is 4.52. The molecule has 7 heteroatoms. The summed E-state index contributed by atoms with van der Waals surface area (Å²) < 4.78 is 32.7. The number of hydrogen-bond acceptors (Lipinski definition) is 4. The molecule has 28 heavy (non-hydrogen) atoms. The van der Waals surface area contributed by atoms with Crippen molar-refractivity contribution in [2.45, 2.75) is 70.1 Å². The summed E-state index contributed by atoms with van der Waals surface area (Å²) in [5, 5.41) is 10.3. The maximum atomic E-state index is 13.4. The molecule has 1 aromatic rings. The highest BCUT2D eigenvalue weighted by Crippen LogP contribution is 2.34. The van der Waals surface area contributed by atoms with E-state index in [-0.39, 0.29) is 31.5 Å². The quantitative estimate of drug-likeness (QED) is 0.855. The first-order valence-electron chi connectivity index (χ1n) is 10.2. The fraction of sp³-hybridized carbons (Fsp3) is 0.667. The third kappa shape index (κ3) is 3.87. The number of amides is 1. The van der Waals surface area contributed by atoms with Gasteiger partial charge in [-0.25, -0.2) is 8.78 Å². The first-order valence-corrected chi connectivity index (χ1v) is 10.2. The molecule has 0 unspecified atom stereocenters. The Balaban J connectivity index is 1.52. The van der Waals surface area contributed by atoms with Crippen LogP contribution in [0.2, 0.25) is 0 Å². The molecular weight excluding hydrogens is 366 g/mol. The molecule has 0 radical (unpaired) electrons. The minimum atomic E-state index is -2.56. The standard InChI is InChI=1S/C21H28F2N2O3/c1-14-10-19-16(11-15(14)12-24-8-6-21(22,23)7-9-24)20(27)25(13-28-19)17-4-2-3-5-18(17)26/h10-11,17-18,26H,2-9,12-13H2,1H3/t17-,18-/m0/s1. The van der Waals surface area contributed by atoms with E-state index in [1.54, 1.807) is 4.90 Å². The molecule has 2 fully saturated rings. The van der Waals surface area contributed by atoms with Gasteiger partial charge < -0.3 is 9.84 Å². The van der Waals surface area contributed by atoms with Crippen LogP contribution in [0.5, 0.6) is 5.75 Å². The number of aliphatic hydroxyl groups excluding tert-OH is 1. The Labute approximate surface area is 164 Å². The predicted molar refractivity (Wildman–Crippen MR) is 101 cm³/mol. The largest absolute Gasteiger partial charge is 0.472 e. The minimum absolute atomic E-state index is 0.112. The number of carbonyl (C=O) groups is 1. The number of nitrogens with zero attached hydrogens (tertiary/aromatic N) is 2. The van der Waals surface area contributed by atoms with Crippen LogP contribution in [0.1, 0.15) is 60.0 Å². The Hall–Kier alpha value is -1.73. The van der Waals surface area contributed by atoms with Crippen LogP contribution >= 0.6 is 0 Å². The summed E-state index contributed by atoms with van der Waals surface area (Å²) in [6.07, 6.45) is 2.72. The zero-order chi connectivity index (χ0) is 19.9. The van der Waals surface area contributed by atoms with Gasteiger partial charge in [0.2, 0.25) is 0 Å². The number of benzene rings is 1. The average molecular weight is 394 g/mol. The summed E-state index contributed by atoms with van der Waals surface area (Å²) in [4.78, 5) is 16.8. The number of fused-ring (bicyclic) bond motifs is 1.